The molecule has 1 aliphatic carbocycles. The van der Waals surface area contributed by atoms with Crippen LogP contribution in [0.1, 0.15) is 51.3 Å². The molecule has 0 bridgehead atoms. The van der Waals surface area contributed by atoms with Crippen molar-refractivity contribution in [3.05, 3.63) is 174 Å². The number of rotatable bonds is 5. The van der Waals surface area contributed by atoms with Crippen LogP contribution in [-0.2, 0) is 10.8 Å². The van der Waals surface area contributed by atoms with Gasteiger partial charge in [0.05, 0.1) is 16.1 Å². The Morgan fingerprint density at radius 2 is 1.18 bits per heavy atom. The van der Waals surface area contributed by atoms with Crippen molar-refractivity contribution in [1.29, 1.82) is 0 Å². The quantitative estimate of drug-likeness (QED) is 0.175. The van der Waals surface area contributed by atoms with E-state index in [2.05, 4.69) is 197 Å². The molecule has 0 saturated carbocycles. The highest BCUT2D eigenvalue weighted by Crippen LogP contribution is 2.55. The third-order valence-electron chi connectivity index (χ3n) is 10.8. The average Bonchev–Trinajstić information content (AvgIpc) is 3.65. The molecule has 2 heteroatoms. The molecule has 0 fully saturated rings. The lowest BCUT2D eigenvalue weighted by Gasteiger charge is -2.29. The number of benzene rings is 7. The van der Waals surface area contributed by atoms with Crippen LogP contribution in [0.25, 0.3) is 53.6 Å². The highest BCUT2D eigenvalue weighted by Gasteiger charge is 2.38. The molecule has 1 aliphatic rings. The van der Waals surface area contributed by atoms with Gasteiger partial charge in [-0.1, -0.05) is 162 Å². The van der Waals surface area contributed by atoms with Crippen LogP contribution in [0.2, 0.25) is 0 Å². The zero-order valence-electron chi connectivity index (χ0n) is 29.9. The number of anilines is 3. The van der Waals surface area contributed by atoms with Gasteiger partial charge in [-0.15, -0.1) is 11.3 Å². The summed E-state index contributed by atoms with van der Waals surface area (Å²) in [5, 5.41) is 2.60. The van der Waals surface area contributed by atoms with Crippen molar-refractivity contribution in [2.75, 3.05) is 4.90 Å². The summed E-state index contributed by atoms with van der Waals surface area (Å²) in [6.45, 7) is 11.7. The van der Waals surface area contributed by atoms with Gasteiger partial charge in [0.2, 0.25) is 0 Å². The molecule has 248 valence electrons. The van der Waals surface area contributed by atoms with Crippen molar-refractivity contribution in [2.45, 2.75) is 45.4 Å². The van der Waals surface area contributed by atoms with Crippen LogP contribution >= 0.6 is 11.3 Å². The van der Waals surface area contributed by atoms with Crippen molar-refractivity contribution in [1.82, 2.24) is 0 Å². The number of para-hydroxylation sites is 1. The van der Waals surface area contributed by atoms with E-state index in [1.54, 1.807) is 0 Å². The van der Waals surface area contributed by atoms with Gasteiger partial charge in [0, 0.05) is 32.1 Å². The second kappa shape index (κ2) is 11.8. The molecule has 0 N–H and O–H groups in total. The maximum atomic E-state index is 2.50. The van der Waals surface area contributed by atoms with Crippen molar-refractivity contribution in [2.24, 2.45) is 0 Å². The fourth-order valence-corrected chi connectivity index (χ4v) is 9.35. The van der Waals surface area contributed by atoms with Crippen LogP contribution < -0.4 is 4.90 Å². The summed E-state index contributed by atoms with van der Waals surface area (Å²) in [5.74, 6) is 0. The molecular weight excluding hydrogens is 635 g/mol. The van der Waals surface area contributed by atoms with Gasteiger partial charge >= 0.3 is 0 Å². The molecule has 0 saturated heterocycles. The molecule has 0 unspecified atom stereocenters. The predicted molar refractivity (Wildman–Crippen MR) is 221 cm³/mol. The Morgan fingerprint density at radius 3 is 2.02 bits per heavy atom. The van der Waals surface area contributed by atoms with Gasteiger partial charge in [0.1, 0.15) is 0 Å². The second-order valence-electron chi connectivity index (χ2n) is 15.4. The van der Waals surface area contributed by atoms with Gasteiger partial charge in [0.25, 0.3) is 0 Å². The lowest BCUT2D eigenvalue weighted by atomic mass is 9.79. The first-order chi connectivity index (χ1) is 24.7. The third kappa shape index (κ3) is 5.12. The Labute approximate surface area is 305 Å². The normalized spacial score (nSPS) is 13.4. The van der Waals surface area contributed by atoms with Crippen LogP contribution in [0.15, 0.2) is 158 Å². The van der Waals surface area contributed by atoms with Gasteiger partial charge in [0.15, 0.2) is 0 Å². The standard InChI is InChI=1S/C49H41NS/c1-48(2,3)34-28-29-40-42(31-34)49(4,5)41-24-14-22-38(46(40)41)36-20-9-11-25-43(36)50(35-19-13-18-33(30-35)32-16-7-6-8-17-32)44-26-15-23-39-37-21-10-12-27-45(37)51-47(39)44/h6-31H,1-5H3. The van der Waals surface area contributed by atoms with E-state index in [0.717, 1.165) is 5.69 Å². The van der Waals surface area contributed by atoms with Crippen molar-refractivity contribution in [3.8, 4) is 33.4 Å². The molecule has 8 aromatic rings. The van der Waals surface area contributed by atoms with Crippen molar-refractivity contribution < 1.29 is 0 Å². The summed E-state index contributed by atoms with van der Waals surface area (Å²) in [6.07, 6.45) is 0. The van der Waals surface area contributed by atoms with E-state index >= 15 is 0 Å². The lowest BCUT2D eigenvalue weighted by Crippen LogP contribution is -2.17. The number of hydrogen-bond acceptors (Lipinski definition) is 2. The minimum absolute atomic E-state index is 0.0811. The number of fused-ring (bicyclic) bond motifs is 6. The van der Waals surface area contributed by atoms with Crippen molar-refractivity contribution >= 4 is 48.6 Å². The van der Waals surface area contributed by atoms with E-state index in [4.69, 9.17) is 0 Å². The summed E-state index contributed by atoms with van der Waals surface area (Å²) in [6, 6.07) is 58.5. The summed E-state index contributed by atoms with van der Waals surface area (Å²) in [4.78, 5) is 2.50. The molecule has 0 amide bonds. The minimum atomic E-state index is -0.108. The fraction of sp³-hybridized carbons (Fsp3) is 0.143. The summed E-state index contributed by atoms with van der Waals surface area (Å²) in [7, 11) is 0. The summed E-state index contributed by atoms with van der Waals surface area (Å²) in [5.41, 5.74) is 15.2. The van der Waals surface area contributed by atoms with Gasteiger partial charge in [-0.3, -0.25) is 0 Å². The molecule has 1 aromatic heterocycles. The first-order valence-electron chi connectivity index (χ1n) is 17.9. The van der Waals surface area contributed by atoms with Crippen LogP contribution in [0.4, 0.5) is 17.1 Å². The smallest absolute Gasteiger partial charge is 0.0640 e. The van der Waals surface area contributed by atoms with Gasteiger partial charge in [-0.25, -0.2) is 0 Å². The molecule has 0 atom stereocenters. The van der Waals surface area contributed by atoms with Gasteiger partial charge in [-0.05, 0) is 80.3 Å². The Hall–Kier alpha value is -5.44. The maximum Gasteiger partial charge on any atom is 0.0640 e. The SMILES string of the molecule is CC(C)(C)c1ccc2c(c1)C(C)(C)c1cccc(-c3ccccc3N(c3cccc(-c4ccccc4)c3)c3cccc4c3sc3ccccc34)c1-2. The van der Waals surface area contributed by atoms with E-state index in [1.807, 2.05) is 11.3 Å². The molecule has 0 radical (unpaired) electrons. The largest absolute Gasteiger partial charge is 0.308 e. The van der Waals surface area contributed by atoms with E-state index < -0.39 is 0 Å². The van der Waals surface area contributed by atoms with E-state index in [9.17, 15) is 0 Å². The van der Waals surface area contributed by atoms with E-state index in [-0.39, 0.29) is 10.8 Å². The molecule has 51 heavy (non-hydrogen) atoms. The van der Waals surface area contributed by atoms with E-state index in [0.29, 0.717) is 0 Å². The Balaban J connectivity index is 1.31. The van der Waals surface area contributed by atoms with Crippen LogP contribution in [0.5, 0.6) is 0 Å². The van der Waals surface area contributed by atoms with Crippen LogP contribution in [0.3, 0.4) is 0 Å². The monoisotopic (exact) mass is 675 g/mol. The molecular formula is C49H41NS. The Bertz CT molecular complexity index is 2600. The highest BCUT2D eigenvalue weighted by molar-refractivity contribution is 7.26. The van der Waals surface area contributed by atoms with Crippen LogP contribution in [-0.4, -0.2) is 0 Å². The van der Waals surface area contributed by atoms with Gasteiger partial charge in [-0.2, -0.15) is 0 Å². The Morgan fingerprint density at radius 1 is 0.510 bits per heavy atom. The summed E-state index contributed by atoms with van der Waals surface area (Å²) < 4.78 is 2.60. The number of thiophene rings is 1. The lowest BCUT2D eigenvalue weighted by molar-refractivity contribution is 0.584. The fourth-order valence-electron chi connectivity index (χ4n) is 8.15. The minimum Gasteiger partial charge on any atom is -0.308 e. The summed E-state index contributed by atoms with van der Waals surface area (Å²) >= 11 is 1.88. The van der Waals surface area contributed by atoms with Crippen LogP contribution in [0, 0.1) is 0 Å². The first-order valence-corrected chi connectivity index (χ1v) is 18.8. The number of hydrogen-bond donors (Lipinski definition) is 0. The number of nitrogens with zero attached hydrogens (tertiary/aromatic N) is 1. The van der Waals surface area contributed by atoms with Crippen molar-refractivity contribution in [3.63, 3.8) is 0 Å². The first kappa shape index (κ1) is 31.5. The zero-order valence-corrected chi connectivity index (χ0v) is 30.7. The zero-order chi connectivity index (χ0) is 34.9. The average molecular weight is 676 g/mol. The van der Waals surface area contributed by atoms with Gasteiger partial charge < -0.3 is 4.90 Å². The molecule has 1 nitrogen and oxygen atoms in total. The highest BCUT2D eigenvalue weighted by atomic mass is 32.1. The molecule has 0 spiro atoms. The maximum absolute atomic E-state index is 2.50. The predicted octanol–water partition coefficient (Wildman–Crippen LogP) is 14.5. The Kier molecular flexibility index (Phi) is 7.31. The molecule has 0 aliphatic heterocycles. The second-order valence-corrected chi connectivity index (χ2v) is 16.4. The molecule has 7 aromatic carbocycles. The third-order valence-corrected chi connectivity index (χ3v) is 12.0. The molecule has 9 rings (SSSR count). The topological polar surface area (TPSA) is 3.24 Å². The molecule has 1 heterocycles. The van der Waals surface area contributed by atoms with E-state index in [1.165, 1.54) is 81.6 Å².